The molecule has 1 aliphatic carbocycles. The molecule has 2 bridgehead atoms. The maximum atomic E-state index is 13.6. The van der Waals surface area contributed by atoms with E-state index in [2.05, 4.69) is 26.2 Å². The van der Waals surface area contributed by atoms with Crippen LogP contribution < -0.4 is 4.90 Å². The van der Waals surface area contributed by atoms with Crippen molar-refractivity contribution in [2.45, 2.75) is 64.4 Å². The molecule has 4 unspecified atom stereocenters. The Morgan fingerprint density at radius 3 is 2.74 bits per heavy atom. The van der Waals surface area contributed by atoms with Gasteiger partial charge in [0.05, 0.1) is 15.8 Å². The second-order valence-electron chi connectivity index (χ2n) is 9.86. The van der Waals surface area contributed by atoms with E-state index < -0.39 is 9.73 Å². The first-order chi connectivity index (χ1) is 15.0. The maximum Gasteiger partial charge on any atom is 0.257 e. The number of nitrogens with zero attached hydrogens (tertiary/aromatic N) is 4. The molecule has 3 aliphatic heterocycles. The largest absolute Gasteiger partial charge is 0.378 e. The first-order valence-electron chi connectivity index (χ1n) is 12.0. The van der Waals surface area contributed by atoms with Gasteiger partial charge in [0.2, 0.25) is 0 Å². The van der Waals surface area contributed by atoms with Gasteiger partial charge >= 0.3 is 0 Å². The van der Waals surface area contributed by atoms with Crippen molar-refractivity contribution in [3.8, 4) is 0 Å². The number of amides is 1. The number of ether oxygens (including phenoxy) is 1. The highest BCUT2D eigenvalue weighted by Crippen LogP contribution is 2.36. The van der Waals surface area contributed by atoms with Gasteiger partial charge in [0.15, 0.2) is 0 Å². The minimum atomic E-state index is -2.47. The van der Waals surface area contributed by atoms with Crippen LogP contribution in [0.15, 0.2) is 10.7 Å². The van der Waals surface area contributed by atoms with Crippen LogP contribution in [0.1, 0.15) is 56.7 Å². The molecule has 0 saturated carbocycles. The fraction of sp³-hybridized carbons (Fsp3) is 0.783. The molecule has 5 rings (SSSR count). The second-order valence-corrected chi connectivity index (χ2v) is 12.3. The summed E-state index contributed by atoms with van der Waals surface area (Å²) in [5, 5.41) is 0. The normalized spacial score (nSPS) is 35.3. The van der Waals surface area contributed by atoms with Gasteiger partial charge in [0.25, 0.3) is 5.91 Å². The van der Waals surface area contributed by atoms with Crippen molar-refractivity contribution in [2.75, 3.05) is 36.1 Å². The van der Waals surface area contributed by atoms with Crippen molar-refractivity contribution < 1.29 is 13.7 Å². The summed E-state index contributed by atoms with van der Waals surface area (Å²) >= 11 is 0. The van der Waals surface area contributed by atoms with Crippen molar-refractivity contribution in [3.63, 3.8) is 0 Å². The van der Waals surface area contributed by atoms with E-state index in [1.807, 2.05) is 0 Å². The molecule has 0 aromatic carbocycles. The molecule has 31 heavy (non-hydrogen) atoms. The van der Waals surface area contributed by atoms with E-state index in [4.69, 9.17) is 4.74 Å². The average molecular weight is 447 g/mol. The Labute approximate surface area is 185 Å². The Bertz CT molecular complexity index is 938. The van der Waals surface area contributed by atoms with Gasteiger partial charge < -0.3 is 9.64 Å². The zero-order valence-electron chi connectivity index (χ0n) is 18.5. The number of anilines is 1. The van der Waals surface area contributed by atoms with E-state index in [0.717, 1.165) is 44.6 Å². The summed E-state index contributed by atoms with van der Waals surface area (Å²) in [5.74, 6) is 2.52. The average Bonchev–Trinajstić information content (AvgIpc) is 2.77. The quantitative estimate of drug-likeness (QED) is 0.710. The molecule has 4 heterocycles. The third-order valence-corrected chi connectivity index (χ3v) is 9.94. The smallest absolute Gasteiger partial charge is 0.257 e. The van der Waals surface area contributed by atoms with E-state index in [1.165, 1.54) is 24.1 Å². The van der Waals surface area contributed by atoms with E-state index in [0.29, 0.717) is 42.8 Å². The fourth-order valence-electron chi connectivity index (χ4n) is 6.02. The SMILES string of the molecule is CCC1CC(C(=O)N=S2(=O)CC3CC(CN(c4ncnc5c4CCCC5)C3)C2)CCO1. The number of carbonyl (C=O) groups is 1. The van der Waals surface area contributed by atoms with Crippen LogP contribution >= 0.6 is 0 Å². The molecule has 3 saturated heterocycles. The highest BCUT2D eigenvalue weighted by atomic mass is 32.2. The minimum Gasteiger partial charge on any atom is -0.378 e. The monoisotopic (exact) mass is 446 g/mol. The molecule has 0 spiro atoms. The number of hydrogen-bond acceptors (Lipinski definition) is 6. The number of aryl methyl sites for hydroxylation is 1. The predicted molar refractivity (Wildman–Crippen MR) is 121 cm³/mol. The lowest BCUT2D eigenvalue weighted by Crippen LogP contribution is -2.49. The van der Waals surface area contributed by atoms with Gasteiger partial charge in [0.1, 0.15) is 12.1 Å². The molecule has 0 N–H and O–H groups in total. The number of aromatic nitrogens is 2. The summed E-state index contributed by atoms with van der Waals surface area (Å²) in [6.45, 7) is 4.40. The van der Waals surface area contributed by atoms with Crippen LogP contribution in [0.3, 0.4) is 0 Å². The van der Waals surface area contributed by atoms with E-state index >= 15 is 0 Å². The second kappa shape index (κ2) is 8.77. The topological polar surface area (TPSA) is 84.8 Å². The first kappa shape index (κ1) is 21.3. The molecule has 1 aromatic rings. The molecule has 7 nitrogen and oxygen atoms in total. The molecule has 1 aromatic heterocycles. The Balaban J connectivity index is 1.31. The Kier molecular flexibility index (Phi) is 6.03. The van der Waals surface area contributed by atoms with E-state index in [1.54, 1.807) is 6.33 Å². The fourth-order valence-corrected chi connectivity index (χ4v) is 8.73. The molecule has 3 fully saturated rings. The van der Waals surface area contributed by atoms with Gasteiger partial charge in [-0.15, -0.1) is 0 Å². The van der Waals surface area contributed by atoms with Crippen molar-refractivity contribution in [3.05, 3.63) is 17.6 Å². The van der Waals surface area contributed by atoms with Gasteiger partial charge in [-0.3, -0.25) is 4.79 Å². The lowest BCUT2D eigenvalue weighted by atomic mass is 9.89. The summed E-state index contributed by atoms with van der Waals surface area (Å²) < 4.78 is 23.7. The highest BCUT2D eigenvalue weighted by molar-refractivity contribution is 7.93. The first-order valence-corrected chi connectivity index (χ1v) is 13.8. The van der Waals surface area contributed by atoms with Gasteiger partial charge in [-0.25, -0.2) is 14.2 Å². The summed E-state index contributed by atoms with van der Waals surface area (Å²) in [4.78, 5) is 24.4. The highest BCUT2D eigenvalue weighted by Gasteiger charge is 2.39. The van der Waals surface area contributed by atoms with Crippen molar-refractivity contribution in [1.82, 2.24) is 9.97 Å². The number of piperidine rings is 1. The van der Waals surface area contributed by atoms with Crippen LogP contribution in [-0.4, -0.2) is 57.4 Å². The van der Waals surface area contributed by atoms with Gasteiger partial charge in [-0.2, -0.15) is 4.36 Å². The third-order valence-electron chi connectivity index (χ3n) is 7.45. The Morgan fingerprint density at radius 1 is 1.19 bits per heavy atom. The van der Waals surface area contributed by atoms with Crippen LogP contribution in [0.25, 0.3) is 0 Å². The van der Waals surface area contributed by atoms with Crippen LogP contribution in [0.5, 0.6) is 0 Å². The summed E-state index contributed by atoms with van der Waals surface area (Å²) in [6, 6.07) is 0. The zero-order valence-corrected chi connectivity index (χ0v) is 19.3. The summed E-state index contributed by atoms with van der Waals surface area (Å²) in [5.41, 5.74) is 2.53. The molecule has 0 radical (unpaired) electrons. The molecule has 4 aliphatic rings. The summed E-state index contributed by atoms with van der Waals surface area (Å²) in [6.07, 6.45) is 9.76. The lowest BCUT2D eigenvalue weighted by Gasteiger charge is -2.43. The summed E-state index contributed by atoms with van der Waals surface area (Å²) in [7, 11) is -2.47. The Morgan fingerprint density at radius 2 is 1.97 bits per heavy atom. The van der Waals surface area contributed by atoms with Crippen LogP contribution in [0, 0.1) is 17.8 Å². The van der Waals surface area contributed by atoms with Crippen molar-refractivity contribution in [1.29, 1.82) is 0 Å². The number of carbonyl (C=O) groups excluding carboxylic acids is 1. The van der Waals surface area contributed by atoms with Gasteiger partial charge in [0, 0.05) is 48.4 Å². The van der Waals surface area contributed by atoms with Gasteiger partial charge in [-0.1, -0.05) is 6.92 Å². The van der Waals surface area contributed by atoms with Crippen molar-refractivity contribution in [2.24, 2.45) is 22.1 Å². The maximum absolute atomic E-state index is 13.6. The van der Waals surface area contributed by atoms with Crippen molar-refractivity contribution >= 4 is 21.5 Å². The molecule has 1 amide bonds. The minimum absolute atomic E-state index is 0.122. The number of hydrogen-bond donors (Lipinski definition) is 0. The standard InChI is InChI=1S/C23H34N4O3S/c1-2-19-10-18(7-8-30-19)23(28)26-31(29)13-16-9-17(14-31)12-27(11-16)22-20-5-3-4-6-21(20)24-15-25-22/h15-19H,2-14H2,1H3. The molecular formula is C23H34N4O3S. The number of fused-ring (bicyclic) bond motifs is 3. The Hall–Kier alpha value is -1.54. The van der Waals surface area contributed by atoms with Crippen LogP contribution in [0.4, 0.5) is 5.82 Å². The molecular weight excluding hydrogens is 412 g/mol. The van der Waals surface area contributed by atoms with Crippen LogP contribution in [-0.2, 0) is 32.1 Å². The van der Waals surface area contributed by atoms with E-state index in [9.17, 15) is 9.00 Å². The molecule has 8 heteroatoms. The third kappa shape index (κ3) is 4.51. The van der Waals surface area contributed by atoms with Crippen LogP contribution in [0.2, 0.25) is 0 Å². The zero-order chi connectivity index (χ0) is 21.4. The predicted octanol–water partition coefficient (Wildman–Crippen LogP) is 3.01. The number of rotatable bonds is 3. The molecule has 170 valence electrons. The van der Waals surface area contributed by atoms with Gasteiger partial charge in [-0.05, 0) is 63.2 Å². The lowest BCUT2D eigenvalue weighted by molar-refractivity contribution is -0.126. The van der Waals surface area contributed by atoms with E-state index in [-0.39, 0.29) is 17.9 Å². The molecule has 4 atom stereocenters.